The number of carbonyl (C=O) groups excluding carboxylic acids is 4. The molecule has 0 aliphatic carbocycles. The van der Waals surface area contributed by atoms with E-state index in [0.29, 0.717) is 30.3 Å². The molecule has 0 saturated carbocycles. The molecule has 51 heavy (non-hydrogen) atoms. The molecule has 0 aliphatic heterocycles. The van der Waals surface area contributed by atoms with E-state index >= 15 is 0 Å². The number of ether oxygens (including phenoxy) is 4. The average Bonchev–Trinajstić information content (AvgIpc) is 3.14. The van der Waals surface area contributed by atoms with Crippen LogP contribution in [-0.2, 0) is 42.9 Å². The first-order chi connectivity index (χ1) is 24.1. The molecule has 0 aromatic heterocycles. The third-order valence-electron chi connectivity index (χ3n) is 5.50. The van der Waals surface area contributed by atoms with Gasteiger partial charge < -0.3 is 29.2 Å². The second kappa shape index (κ2) is 43.0. The van der Waals surface area contributed by atoms with Crippen molar-refractivity contribution in [3.63, 3.8) is 0 Å². The summed E-state index contributed by atoms with van der Waals surface area (Å²) in [5.74, 6) is -1.91. The molecular weight excluding hydrogens is 656 g/mol. The smallest absolute Gasteiger partial charge is 0.333 e. The summed E-state index contributed by atoms with van der Waals surface area (Å²) in [6.45, 7) is 30.5. The number of aliphatic hydroxyl groups excluding tert-OH is 1. The molecule has 2 N–H and O–H groups in total. The largest absolute Gasteiger partial charge is 0.478 e. The van der Waals surface area contributed by atoms with Crippen LogP contribution in [0.15, 0.2) is 99.2 Å². The molecule has 1 aromatic rings. The topological polar surface area (TPSA) is 163 Å². The lowest BCUT2D eigenvalue weighted by Crippen LogP contribution is -2.12. The van der Waals surface area contributed by atoms with Crippen molar-refractivity contribution in [2.75, 3.05) is 33.5 Å². The van der Waals surface area contributed by atoms with Gasteiger partial charge in [-0.2, -0.15) is 0 Å². The maximum atomic E-state index is 10.8. The van der Waals surface area contributed by atoms with Crippen molar-refractivity contribution in [3.05, 3.63) is 105 Å². The molecule has 0 saturated heterocycles. The van der Waals surface area contributed by atoms with Gasteiger partial charge in [0.25, 0.3) is 0 Å². The van der Waals surface area contributed by atoms with E-state index in [1.807, 2.05) is 36.4 Å². The molecule has 0 amide bonds. The molecule has 288 valence electrons. The highest BCUT2D eigenvalue weighted by atomic mass is 16.5. The van der Waals surface area contributed by atoms with Gasteiger partial charge in [-0.15, -0.1) is 0 Å². The molecule has 0 radical (unpaired) electrons. The fourth-order valence-electron chi connectivity index (χ4n) is 2.56. The first-order valence-corrected chi connectivity index (χ1v) is 16.4. The standard InChI is InChI=1S/C11H20O2.C8H14O2.C8H8.C5H8O3.C5H8O2.C3H4O2/c1-4-7-8-10(5-2)9-13-11(12)6-3;1-4-5-6-10-8(9)7(2)3;1-2-8-6-4-3-5-7-8;1-2-5(7)8-4-3-6;1-4(2)5(6)7-3;1-2-3(4)5/h6,10H,3-5,7-9H2,1-2H3;2,4-6H2,1,3H3;2-7H,1H2;2,6H,1,3-4H2;1H2,2-3H3;2H,1H2,(H,4,5). The van der Waals surface area contributed by atoms with Gasteiger partial charge in [0.15, 0.2) is 0 Å². The summed E-state index contributed by atoms with van der Waals surface area (Å²) >= 11 is 0. The second-order valence-corrected chi connectivity index (χ2v) is 10.0. The summed E-state index contributed by atoms with van der Waals surface area (Å²) in [6, 6.07) is 10.0. The van der Waals surface area contributed by atoms with Gasteiger partial charge in [-0.25, -0.2) is 24.0 Å². The minimum atomic E-state index is -0.981. The number of esters is 4. The average molecular weight is 719 g/mol. The SMILES string of the molecule is C=C(C)C(=O)OC.C=C(C)C(=O)OCCCC.C=CC(=O)O.C=CC(=O)OCC(CC)CCCC.C=CC(=O)OCCO.C=Cc1ccccc1. The van der Waals surface area contributed by atoms with Gasteiger partial charge in [-0.1, -0.05) is 122 Å². The van der Waals surface area contributed by atoms with Crippen LogP contribution in [0.25, 0.3) is 6.08 Å². The Morgan fingerprint density at radius 1 is 0.745 bits per heavy atom. The Morgan fingerprint density at radius 3 is 1.55 bits per heavy atom. The van der Waals surface area contributed by atoms with Crippen molar-refractivity contribution in [2.45, 2.75) is 73.1 Å². The Balaban J connectivity index is -0.000000170. The normalized spacial score (nSPS) is 9.16. The van der Waals surface area contributed by atoms with Crippen molar-refractivity contribution < 1.29 is 53.1 Å². The zero-order valence-corrected chi connectivity index (χ0v) is 31.7. The lowest BCUT2D eigenvalue weighted by atomic mass is 10.0. The fourth-order valence-corrected chi connectivity index (χ4v) is 2.56. The van der Waals surface area contributed by atoms with Crippen LogP contribution < -0.4 is 0 Å². The van der Waals surface area contributed by atoms with Crippen LogP contribution in [-0.4, -0.2) is 73.6 Å². The second-order valence-electron chi connectivity index (χ2n) is 10.0. The van der Waals surface area contributed by atoms with Gasteiger partial charge in [0.1, 0.15) is 6.61 Å². The molecule has 0 fully saturated rings. The van der Waals surface area contributed by atoms with Gasteiger partial charge in [0, 0.05) is 29.4 Å². The van der Waals surface area contributed by atoms with Crippen LogP contribution >= 0.6 is 0 Å². The number of hydrogen-bond donors (Lipinski definition) is 2. The number of carbonyl (C=O) groups is 5. The predicted octanol–water partition coefficient (Wildman–Crippen LogP) is 7.87. The van der Waals surface area contributed by atoms with E-state index in [0.717, 1.165) is 37.8 Å². The van der Waals surface area contributed by atoms with E-state index in [1.165, 1.54) is 31.6 Å². The van der Waals surface area contributed by atoms with Gasteiger partial charge in [-0.3, -0.25) is 0 Å². The Morgan fingerprint density at radius 2 is 1.24 bits per heavy atom. The highest BCUT2D eigenvalue weighted by molar-refractivity contribution is 5.87. The maximum absolute atomic E-state index is 10.8. The van der Waals surface area contributed by atoms with Crippen molar-refractivity contribution in [1.82, 2.24) is 0 Å². The highest BCUT2D eigenvalue weighted by Gasteiger charge is 2.07. The minimum Gasteiger partial charge on any atom is -0.478 e. The molecule has 0 bridgehead atoms. The third-order valence-corrected chi connectivity index (χ3v) is 5.50. The Kier molecular flexibility index (Phi) is 46.7. The molecule has 11 heteroatoms. The number of rotatable bonds is 17. The lowest BCUT2D eigenvalue weighted by Gasteiger charge is -2.13. The Bertz CT molecular complexity index is 1140. The van der Waals surface area contributed by atoms with Crippen LogP contribution in [0, 0.1) is 5.92 Å². The molecule has 0 spiro atoms. The Hall–Kier alpha value is -5.03. The van der Waals surface area contributed by atoms with E-state index in [9.17, 15) is 24.0 Å². The lowest BCUT2D eigenvalue weighted by molar-refractivity contribution is -0.140. The first kappa shape index (κ1) is 55.4. The third kappa shape index (κ3) is 49.5. The van der Waals surface area contributed by atoms with E-state index in [4.69, 9.17) is 19.7 Å². The zero-order valence-electron chi connectivity index (χ0n) is 31.7. The molecular formula is C40H62O11. The number of methoxy groups -OCH3 is 1. The van der Waals surface area contributed by atoms with Crippen molar-refractivity contribution in [1.29, 1.82) is 0 Å². The summed E-state index contributed by atoms with van der Waals surface area (Å²) in [6.07, 6.45) is 11.5. The van der Waals surface area contributed by atoms with Gasteiger partial charge in [0.05, 0.1) is 26.9 Å². The van der Waals surface area contributed by atoms with Crippen LogP contribution in [0.2, 0.25) is 0 Å². The monoisotopic (exact) mass is 718 g/mol. The summed E-state index contributed by atoms with van der Waals surface area (Å²) in [7, 11) is 1.33. The van der Waals surface area contributed by atoms with E-state index in [2.05, 4.69) is 69.7 Å². The number of hydrogen-bond acceptors (Lipinski definition) is 10. The summed E-state index contributed by atoms with van der Waals surface area (Å²) < 4.78 is 18.4. The van der Waals surface area contributed by atoms with Gasteiger partial charge in [-0.05, 0) is 38.2 Å². The Labute approximate surface area is 306 Å². The number of carboxylic acids is 1. The van der Waals surface area contributed by atoms with Crippen molar-refractivity contribution >= 4 is 35.9 Å². The highest BCUT2D eigenvalue weighted by Crippen LogP contribution is 2.12. The van der Waals surface area contributed by atoms with E-state index < -0.39 is 11.9 Å². The van der Waals surface area contributed by atoms with Gasteiger partial charge in [0.2, 0.25) is 0 Å². The zero-order chi connectivity index (χ0) is 40.5. The van der Waals surface area contributed by atoms with E-state index in [1.54, 1.807) is 13.8 Å². The summed E-state index contributed by atoms with van der Waals surface area (Å²) in [4.78, 5) is 51.0. The summed E-state index contributed by atoms with van der Waals surface area (Å²) in [5, 5.41) is 15.7. The molecule has 0 heterocycles. The number of aliphatic hydroxyl groups is 1. The van der Waals surface area contributed by atoms with E-state index in [-0.39, 0.29) is 31.1 Å². The molecule has 1 atom stereocenters. The van der Waals surface area contributed by atoms with Crippen molar-refractivity contribution in [3.8, 4) is 0 Å². The molecule has 1 rings (SSSR count). The number of carboxylic acid groups (broad SMARTS) is 1. The maximum Gasteiger partial charge on any atom is 0.333 e. The minimum absolute atomic E-state index is 0.0465. The van der Waals surface area contributed by atoms with Crippen molar-refractivity contribution in [2.24, 2.45) is 5.92 Å². The fraction of sp³-hybridized carbons (Fsp3) is 0.425. The predicted molar refractivity (Wildman–Crippen MR) is 205 cm³/mol. The molecule has 1 aromatic carbocycles. The first-order valence-electron chi connectivity index (χ1n) is 16.4. The van der Waals surface area contributed by atoms with Crippen LogP contribution in [0.4, 0.5) is 0 Å². The van der Waals surface area contributed by atoms with Crippen LogP contribution in [0.1, 0.15) is 78.7 Å². The molecule has 0 aliphatic rings. The van der Waals surface area contributed by atoms with Crippen LogP contribution in [0.3, 0.4) is 0 Å². The number of benzene rings is 1. The van der Waals surface area contributed by atoms with Gasteiger partial charge >= 0.3 is 29.8 Å². The molecule has 1 unspecified atom stereocenters. The number of unbranched alkanes of at least 4 members (excludes halogenated alkanes) is 2. The van der Waals surface area contributed by atoms with Crippen LogP contribution in [0.5, 0.6) is 0 Å². The number of aliphatic carboxylic acids is 1. The summed E-state index contributed by atoms with van der Waals surface area (Å²) in [5.41, 5.74) is 2.08. The quantitative estimate of drug-likeness (QED) is 0.0697. The molecule has 11 nitrogen and oxygen atoms in total.